The summed E-state index contributed by atoms with van der Waals surface area (Å²) in [4.78, 5) is 14.1. The van der Waals surface area contributed by atoms with Gasteiger partial charge >= 0.3 is 5.69 Å². The van der Waals surface area contributed by atoms with Gasteiger partial charge in [0.15, 0.2) is 12.0 Å². The number of phenolic OH excluding ortho intramolecular Hbond substituents is 1. The maximum absolute atomic E-state index is 10.6. The van der Waals surface area contributed by atoms with Crippen LogP contribution < -0.4 is 10.1 Å². The molecule has 7 heteroatoms. The summed E-state index contributed by atoms with van der Waals surface area (Å²) in [5.41, 5.74) is 0.614. The van der Waals surface area contributed by atoms with E-state index in [2.05, 4.69) is 10.3 Å². The van der Waals surface area contributed by atoms with Gasteiger partial charge in [0.1, 0.15) is 11.6 Å². The number of phenols is 1. The minimum atomic E-state index is -0.655. The van der Waals surface area contributed by atoms with Crippen molar-refractivity contribution in [3.05, 3.63) is 52.2 Å². The summed E-state index contributed by atoms with van der Waals surface area (Å²) in [5.74, 6) is 0.585. The van der Waals surface area contributed by atoms with E-state index in [1.807, 2.05) is 19.1 Å². The highest BCUT2D eigenvalue weighted by Gasteiger charge is 2.14. The molecule has 0 radical (unpaired) electrons. The van der Waals surface area contributed by atoms with Gasteiger partial charge in [-0.2, -0.15) is 0 Å². The van der Waals surface area contributed by atoms with Crippen LogP contribution in [0.1, 0.15) is 12.5 Å². The Kier molecular flexibility index (Phi) is 4.22. The molecule has 110 valence electrons. The standard InChI is InChI=1S/C14H15N3O4/c1-9-4-3-7-15-14(9)16-10(2)21-11-5-6-12(17(19)20)13(18)8-11/h3-8,10,18H,1-2H3,(H,15,16). The first kappa shape index (κ1) is 14.6. The van der Waals surface area contributed by atoms with Crippen LogP contribution in [0.2, 0.25) is 0 Å². The Morgan fingerprint density at radius 1 is 1.43 bits per heavy atom. The topological polar surface area (TPSA) is 97.5 Å². The lowest BCUT2D eigenvalue weighted by atomic mass is 10.3. The molecule has 2 aromatic rings. The number of hydrogen-bond acceptors (Lipinski definition) is 6. The molecular formula is C14H15N3O4. The molecular weight excluding hydrogens is 274 g/mol. The highest BCUT2D eigenvalue weighted by atomic mass is 16.6. The number of nitrogens with zero attached hydrogens (tertiary/aromatic N) is 2. The summed E-state index contributed by atoms with van der Waals surface area (Å²) < 4.78 is 5.56. The van der Waals surface area contributed by atoms with E-state index in [4.69, 9.17) is 4.74 Å². The molecule has 7 nitrogen and oxygen atoms in total. The molecule has 0 aliphatic carbocycles. The van der Waals surface area contributed by atoms with E-state index in [9.17, 15) is 15.2 Å². The minimum Gasteiger partial charge on any atom is -0.502 e. The van der Waals surface area contributed by atoms with Gasteiger partial charge in [-0.25, -0.2) is 4.98 Å². The van der Waals surface area contributed by atoms with Gasteiger partial charge < -0.3 is 15.2 Å². The molecule has 0 bridgehead atoms. The van der Waals surface area contributed by atoms with Crippen LogP contribution in [0.5, 0.6) is 11.5 Å². The number of pyridine rings is 1. The average Bonchev–Trinajstić information content (AvgIpc) is 2.41. The van der Waals surface area contributed by atoms with Crippen LogP contribution in [0, 0.1) is 17.0 Å². The van der Waals surface area contributed by atoms with Crippen LogP contribution in [0.15, 0.2) is 36.5 Å². The number of anilines is 1. The first-order chi connectivity index (χ1) is 9.97. The zero-order chi connectivity index (χ0) is 15.4. The zero-order valence-corrected chi connectivity index (χ0v) is 11.6. The van der Waals surface area contributed by atoms with Gasteiger partial charge in [-0.3, -0.25) is 10.1 Å². The van der Waals surface area contributed by atoms with E-state index in [1.54, 1.807) is 13.1 Å². The molecule has 0 amide bonds. The van der Waals surface area contributed by atoms with Crippen molar-refractivity contribution in [3.63, 3.8) is 0 Å². The number of benzene rings is 1. The van der Waals surface area contributed by atoms with Crippen molar-refractivity contribution >= 4 is 11.5 Å². The lowest BCUT2D eigenvalue weighted by Gasteiger charge is -2.17. The van der Waals surface area contributed by atoms with Crippen molar-refractivity contribution in [1.29, 1.82) is 0 Å². The second kappa shape index (κ2) is 6.08. The zero-order valence-electron chi connectivity index (χ0n) is 11.6. The summed E-state index contributed by atoms with van der Waals surface area (Å²) in [7, 11) is 0. The van der Waals surface area contributed by atoms with Crippen molar-refractivity contribution in [2.24, 2.45) is 0 Å². The number of nitro benzene ring substituents is 1. The van der Waals surface area contributed by atoms with E-state index < -0.39 is 16.9 Å². The molecule has 1 aromatic carbocycles. The van der Waals surface area contributed by atoms with Gasteiger partial charge in [-0.15, -0.1) is 0 Å². The minimum absolute atomic E-state index is 0.326. The van der Waals surface area contributed by atoms with Crippen LogP contribution >= 0.6 is 0 Å². The van der Waals surface area contributed by atoms with Crippen LogP contribution in [-0.4, -0.2) is 21.2 Å². The first-order valence-electron chi connectivity index (χ1n) is 6.29. The molecule has 0 aliphatic rings. The van der Waals surface area contributed by atoms with Gasteiger partial charge in [0.25, 0.3) is 0 Å². The van der Waals surface area contributed by atoms with Crippen molar-refractivity contribution in [2.75, 3.05) is 5.32 Å². The highest BCUT2D eigenvalue weighted by Crippen LogP contribution is 2.30. The molecule has 0 fully saturated rings. The molecule has 0 aliphatic heterocycles. The summed E-state index contributed by atoms with van der Waals surface area (Å²) in [6.07, 6.45) is 1.25. The van der Waals surface area contributed by atoms with Gasteiger partial charge in [0, 0.05) is 18.3 Å². The Labute approximate surface area is 121 Å². The fraction of sp³-hybridized carbons (Fsp3) is 0.214. The normalized spacial score (nSPS) is 11.7. The molecule has 1 aromatic heterocycles. The molecule has 2 N–H and O–H groups in total. The van der Waals surface area contributed by atoms with E-state index in [0.29, 0.717) is 11.6 Å². The fourth-order valence-electron chi connectivity index (χ4n) is 1.79. The van der Waals surface area contributed by atoms with Gasteiger partial charge in [0.05, 0.1) is 4.92 Å². The summed E-state index contributed by atoms with van der Waals surface area (Å²) in [6.45, 7) is 3.69. The second-order valence-corrected chi connectivity index (χ2v) is 4.48. The van der Waals surface area contributed by atoms with E-state index in [0.717, 1.165) is 5.56 Å². The smallest absolute Gasteiger partial charge is 0.310 e. The third-order valence-corrected chi connectivity index (χ3v) is 2.81. The third-order valence-electron chi connectivity index (χ3n) is 2.81. The Hall–Kier alpha value is -2.83. The molecule has 1 heterocycles. The number of aromatic hydroxyl groups is 1. The number of rotatable bonds is 5. The number of hydrogen-bond donors (Lipinski definition) is 2. The van der Waals surface area contributed by atoms with Crippen molar-refractivity contribution in [1.82, 2.24) is 4.98 Å². The SMILES string of the molecule is Cc1cccnc1NC(C)Oc1ccc([N+](=O)[O-])c(O)c1. The van der Waals surface area contributed by atoms with Crippen molar-refractivity contribution in [3.8, 4) is 11.5 Å². The van der Waals surface area contributed by atoms with E-state index >= 15 is 0 Å². The van der Waals surface area contributed by atoms with Gasteiger partial charge in [-0.1, -0.05) is 6.07 Å². The molecule has 0 spiro atoms. The molecule has 1 atom stereocenters. The predicted octanol–water partition coefficient (Wildman–Crippen LogP) is 2.84. The molecule has 2 rings (SSSR count). The average molecular weight is 289 g/mol. The molecule has 21 heavy (non-hydrogen) atoms. The Balaban J connectivity index is 2.06. The summed E-state index contributed by atoms with van der Waals surface area (Å²) in [5, 5.41) is 23.2. The Bertz CT molecular complexity index is 660. The molecule has 1 unspecified atom stereocenters. The van der Waals surface area contributed by atoms with Crippen molar-refractivity contribution < 1.29 is 14.8 Å². The van der Waals surface area contributed by atoms with Crippen molar-refractivity contribution in [2.45, 2.75) is 20.1 Å². The first-order valence-corrected chi connectivity index (χ1v) is 6.29. The number of aryl methyl sites for hydroxylation is 1. The van der Waals surface area contributed by atoms with Gasteiger partial charge in [0.2, 0.25) is 0 Å². The molecule has 0 saturated heterocycles. The number of nitro groups is 1. The summed E-state index contributed by atoms with van der Waals surface area (Å²) in [6, 6.07) is 7.59. The Morgan fingerprint density at radius 2 is 2.19 bits per heavy atom. The van der Waals surface area contributed by atoms with Gasteiger partial charge in [-0.05, 0) is 31.5 Å². The lowest BCUT2D eigenvalue weighted by Crippen LogP contribution is -2.23. The Morgan fingerprint density at radius 3 is 2.81 bits per heavy atom. The number of ether oxygens (including phenoxy) is 1. The third kappa shape index (κ3) is 3.59. The van der Waals surface area contributed by atoms with Crippen LogP contribution in [-0.2, 0) is 0 Å². The molecule has 0 saturated carbocycles. The largest absolute Gasteiger partial charge is 0.502 e. The van der Waals surface area contributed by atoms with E-state index in [-0.39, 0.29) is 5.69 Å². The van der Waals surface area contributed by atoms with Crippen LogP contribution in [0.3, 0.4) is 0 Å². The fourth-order valence-corrected chi connectivity index (χ4v) is 1.79. The van der Waals surface area contributed by atoms with Crippen LogP contribution in [0.4, 0.5) is 11.5 Å². The van der Waals surface area contributed by atoms with Crippen LogP contribution in [0.25, 0.3) is 0 Å². The summed E-state index contributed by atoms with van der Waals surface area (Å²) >= 11 is 0. The lowest BCUT2D eigenvalue weighted by molar-refractivity contribution is -0.385. The maximum atomic E-state index is 10.6. The second-order valence-electron chi connectivity index (χ2n) is 4.48. The quantitative estimate of drug-likeness (QED) is 0.499. The highest BCUT2D eigenvalue weighted by molar-refractivity contribution is 5.49. The monoisotopic (exact) mass is 289 g/mol. The van der Waals surface area contributed by atoms with E-state index in [1.165, 1.54) is 18.2 Å². The predicted molar refractivity (Wildman–Crippen MR) is 77.4 cm³/mol. The number of aromatic nitrogens is 1. The maximum Gasteiger partial charge on any atom is 0.310 e. The number of nitrogens with one attached hydrogen (secondary N) is 1.